The summed E-state index contributed by atoms with van der Waals surface area (Å²) in [5.74, 6) is -0.706. The lowest BCUT2D eigenvalue weighted by Crippen LogP contribution is -1.92. The van der Waals surface area contributed by atoms with Crippen LogP contribution in [0.15, 0.2) is 60.8 Å². The van der Waals surface area contributed by atoms with Gasteiger partial charge in [0.25, 0.3) is 0 Å². The van der Waals surface area contributed by atoms with Crippen LogP contribution in [0.2, 0.25) is 0 Å². The molecule has 0 radical (unpaired) electrons. The number of carboxylic acids is 1. The topological polar surface area (TPSA) is 37.3 Å². The lowest BCUT2D eigenvalue weighted by Gasteiger charge is -1.92. The summed E-state index contributed by atoms with van der Waals surface area (Å²) in [4.78, 5) is 10.3. The van der Waals surface area contributed by atoms with Crippen molar-refractivity contribution in [3.63, 3.8) is 0 Å². The van der Waals surface area contributed by atoms with Crippen molar-refractivity contribution in [3.8, 4) is 0 Å². The molecule has 0 fully saturated rings. The van der Waals surface area contributed by atoms with Crippen LogP contribution in [0.4, 0.5) is 0 Å². The molecule has 0 aromatic heterocycles. The van der Waals surface area contributed by atoms with E-state index in [-0.39, 0.29) is 6.42 Å². The van der Waals surface area contributed by atoms with E-state index in [2.05, 4.69) is 55.5 Å². The lowest BCUT2D eigenvalue weighted by atomic mass is 10.2. The van der Waals surface area contributed by atoms with Crippen molar-refractivity contribution in [1.29, 1.82) is 0 Å². The molecule has 1 N–H and O–H groups in total. The fourth-order valence-electron chi connectivity index (χ4n) is 1.75. The van der Waals surface area contributed by atoms with E-state index in [1.165, 1.54) is 0 Å². The van der Waals surface area contributed by atoms with Crippen molar-refractivity contribution >= 4 is 5.97 Å². The van der Waals surface area contributed by atoms with Gasteiger partial charge in [0.1, 0.15) is 0 Å². The number of carboxylic acid groups (broad SMARTS) is 1. The minimum atomic E-state index is -0.706. The molecule has 0 aliphatic carbocycles. The average Bonchev–Trinajstić information content (AvgIpc) is 2.50. The Bertz CT molecular complexity index is 398. The number of allylic oxidation sites excluding steroid dienone is 10. The van der Waals surface area contributed by atoms with Crippen LogP contribution >= 0.6 is 0 Å². The van der Waals surface area contributed by atoms with Gasteiger partial charge in [-0.15, -0.1) is 0 Å². The summed E-state index contributed by atoms with van der Waals surface area (Å²) in [6.07, 6.45) is 28.4. The van der Waals surface area contributed by atoms with Crippen LogP contribution in [-0.4, -0.2) is 11.1 Å². The van der Waals surface area contributed by atoms with Crippen LogP contribution in [-0.2, 0) is 4.79 Å². The molecular formula is C20H30O2. The molecule has 122 valence electrons. The Labute approximate surface area is 135 Å². The fraction of sp³-hybridized carbons (Fsp3) is 0.450. The molecule has 0 saturated carbocycles. The van der Waals surface area contributed by atoms with Gasteiger partial charge in [-0.25, -0.2) is 0 Å². The molecule has 0 heterocycles. The molecule has 0 amide bonds. The Morgan fingerprint density at radius 2 is 1.32 bits per heavy atom. The van der Waals surface area contributed by atoms with Gasteiger partial charge in [-0.3, -0.25) is 4.79 Å². The van der Waals surface area contributed by atoms with Crippen molar-refractivity contribution in [2.45, 2.75) is 58.3 Å². The Morgan fingerprint density at radius 3 is 1.91 bits per heavy atom. The zero-order valence-electron chi connectivity index (χ0n) is 13.8. The van der Waals surface area contributed by atoms with Crippen LogP contribution in [0.1, 0.15) is 58.3 Å². The van der Waals surface area contributed by atoms with Crippen molar-refractivity contribution in [1.82, 2.24) is 0 Å². The van der Waals surface area contributed by atoms with E-state index < -0.39 is 5.97 Å². The van der Waals surface area contributed by atoms with Crippen LogP contribution in [0, 0.1) is 0 Å². The standard InChI is InChI=1S/C20H30O2/c1-2-3-4-5-6-7-8-9-10-11-12-13-14-15-16-17-18-19-20(21)22/h3-4,6-7,9-10,12-15H,2,5,8,11,16-19H2,1H3,(H,21,22)/b4-3-,7-6-,10-9-,13-12-,15-14+. The van der Waals surface area contributed by atoms with Crippen LogP contribution in [0.25, 0.3) is 0 Å². The van der Waals surface area contributed by atoms with Crippen LogP contribution in [0.5, 0.6) is 0 Å². The van der Waals surface area contributed by atoms with Gasteiger partial charge in [0.05, 0.1) is 0 Å². The summed E-state index contributed by atoms with van der Waals surface area (Å²) in [5.41, 5.74) is 0. The SMILES string of the molecule is CC/C=C\C/C=C\C/C=C\C/C=C\C=C\CCCCC(=O)O. The predicted octanol–water partition coefficient (Wildman–Crippen LogP) is 5.99. The number of unbranched alkanes of at least 4 members (excludes halogenated alkanes) is 2. The highest BCUT2D eigenvalue weighted by Crippen LogP contribution is 2.01. The molecule has 0 unspecified atom stereocenters. The quantitative estimate of drug-likeness (QED) is 0.258. The summed E-state index contributed by atoms with van der Waals surface area (Å²) in [5, 5.41) is 8.50. The molecule has 2 nitrogen and oxygen atoms in total. The highest BCUT2D eigenvalue weighted by atomic mass is 16.4. The summed E-state index contributed by atoms with van der Waals surface area (Å²) in [7, 11) is 0. The van der Waals surface area contributed by atoms with Crippen molar-refractivity contribution < 1.29 is 9.90 Å². The summed E-state index contributed by atoms with van der Waals surface area (Å²) in [6.45, 7) is 2.14. The summed E-state index contributed by atoms with van der Waals surface area (Å²) in [6, 6.07) is 0. The molecule has 0 spiro atoms. The van der Waals surface area contributed by atoms with E-state index in [0.717, 1.165) is 44.9 Å². The van der Waals surface area contributed by atoms with E-state index in [9.17, 15) is 4.79 Å². The Morgan fingerprint density at radius 1 is 0.773 bits per heavy atom. The van der Waals surface area contributed by atoms with Gasteiger partial charge in [0.15, 0.2) is 0 Å². The molecule has 0 aromatic rings. The van der Waals surface area contributed by atoms with E-state index in [1.54, 1.807) is 0 Å². The highest BCUT2D eigenvalue weighted by molar-refractivity contribution is 5.66. The summed E-state index contributed by atoms with van der Waals surface area (Å²) < 4.78 is 0. The van der Waals surface area contributed by atoms with Crippen LogP contribution < -0.4 is 0 Å². The molecule has 0 aliphatic rings. The molecule has 0 aromatic carbocycles. The third-order valence-corrected chi connectivity index (χ3v) is 2.95. The third-order valence-electron chi connectivity index (χ3n) is 2.95. The van der Waals surface area contributed by atoms with Crippen molar-refractivity contribution in [2.24, 2.45) is 0 Å². The van der Waals surface area contributed by atoms with Crippen LogP contribution in [0.3, 0.4) is 0 Å². The first-order valence-corrected chi connectivity index (χ1v) is 8.25. The van der Waals surface area contributed by atoms with Gasteiger partial charge >= 0.3 is 5.97 Å². The normalized spacial score (nSPS) is 12.8. The molecule has 0 atom stereocenters. The molecule has 0 aliphatic heterocycles. The second-order valence-corrected chi connectivity index (χ2v) is 5.03. The fourth-order valence-corrected chi connectivity index (χ4v) is 1.75. The number of hydrogen-bond donors (Lipinski definition) is 1. The third kappa shape index (κ3) is 18.2. The molecule has 0 bridgehead atoms. The van der Waals surface area contributed by atoms with Gasteiger partial charge in [0.2, 0.25) is 0 Å². The van der Waals surface area contributed by atoms with Gasteiger partial charge < -0.3 is 5.11 Å². The largest absolute Gasteiger partial charge is 0.481 e. The average molecular weight is 302 g/mol. The van der Waals surface area contributed by atoms with Gasteiger partial charge in [-0.2, -0.15) is 0 Å². The molecule has 22 heavy (non-hydrogen) atoms. The first-order valence-electron chi connectivity index (χ1n) is 8.25. The highest BCUT2D eigenvalue weighted by Gasteiger charge is 1.93. The number of rotatable bonds is 13. The van der Waals surface area contributed by atoms with Gasteiger partial charge in [-0.1, -0.05) is 67.7 Å². The van der Waals surface area contributed by atoms with E-state index in [0.29, 0.717) is 0 Å². The second-order valence-electron chi connectivity index (χ2n) is 5.03. The maximum atomic E-state index is 10.3. The molecule has 2 heteroatoms. The number of carbonyl (C=O) groups is 1. The monoisotopic (exact) mass is 302 g/mol. The minimum Gasteiger partial charge on any atom is -0.481 e. The van der Waals surface area contributed by atoms with Gasteiger partial charge in [0, 0.05) is 6.42 Å². The van der Waals surface area contributed by atoms with Crippen molar-refractivity contribution in [3.05, 3.63) is 60.8 Å². The molecule has 0 saturated heterocycles. The molecule has 0 rings (SSSR count). The number of aliphatic carboxylic acids is 1. The van der Waals surface area contributed by atoms with Gasteiger partial charge in [-0.05, 0) is 44.9 Å². The Hall–Kier alpha value is -1.83. The Kier molecular flexibility index (Phi) is 15.8. The number of hydrogen-bond acceptors (Lipinski definition) is 1. The zero-order valence-corrected chi connectivity index (χ0v) is 13.8. The van der Waals surface area contributed by atoms with E-state index in [1.807, 2.05) is 12.2 Å². The maximum Gasteiger partial charge on any atom is 0.303 e. The predicted molar refractivity (Wildman–Crippen MR) is 95.9 cm³/mol. The van der Waals surface area contributed by atoms with E-state index in [4.69, 9.17) is 5.11 Å². The minimum absolute atomic E-state index is 0.276. The first kappa shape index (κ1) is 20.2. The second kappa shape index (κ2) is 17.2. The van der Waals surface area contributed by atoms with E-state index >= 15 is 0 Å². The maximum absolute atomic E-state index is 10.3. The lowest BCUT2D eigenvalue weighted by molar-refractivity contribution is -0.137. The Balaban J connectivity index is 3.47. The smallest absolute Gasteiger partial charge is 0.303 e. The molecular weight excluding hydrogens is 272 g/mol. The van der Waals surface area contributed by atoms with Crippen molar-refractivity contribution in [2.75, 3.05) is 0 Å². The summed E-state index contributed by atoms with van der Waals surface area (Å²) >= 11 is 0. The first-order chi connectivity index (χ1) is 10.8. The zero-order chi connectivity index (χ0) is 16.3.